The Kier molecular flexibility index (Phi) is 7.04. The van der Waals surface area contributed by atoms with E-state index >= 15 is 0 Å². The van der Waals surface area contributed by atoms with Gasteiger partial charge in [-0.25, -0.2) is 4.79 Å². The van der Waals surface area contributed by atoms with Crippen LogP contribution in [0.1, 0.15) is 26.3 Å². The molecule has 29 heavy (non-hydrogen) atoms. The maximum atomic E-state index is 12.5. The van der Waals surface area contributed by atoms with Crippen molar-refractivity contribution in [3.05, 3.63) is 97.4 Å². The molecule has 1 amide bonds. The van der Waals surface area contributed by atoms with Crippen LogP contribution in [-0.2, 0) is 6.54 Å². The molecule has 4 nitrogen and oxygen atoms in total. The Morgan fingerprint density at radius 3 is 2.14 bits per heavy atom. The van der Waals surface area contributed by atoms with Crippen molar-refractivity contribution in [1.29, 1.82) is 0 Å². The molecule has 0 spiro atoms. The lowest BCUT2D eigenvalue weighted by Crippen LogP contribution is -2.23. The molecule has 3 aromatic rings. The summed E-state index contributed by atoms with van der Waals surface area (Å²) in [6.07, 6.45) is 0. The second-order valence-electron chi connectivity index (χ2n) is 5.91. The van der Waals surface area contributed by atoms with Gasteiger partial charge >= 0.3 is 5.97 Å². The van der Waals surface area contributed by atoms with Gasteiger partial charge in [0.05, 0.1) is 20.6 Å². The number of esters is 1. The second-order valence-corrected chi connectivity index (χ2v) is 7.54. The summed E-state index contributed by atoms with van der Waals surface area (Å²) in [5, 5.41) is 3.60. The highest BCUT2D eigenvalue weighted by Crippen LogP contribution is 2.39. The van der Waals surface area contributed by atoms with E-state index in [1.165, 1.54) is 18.2 Å². The number of hydrogen-bond acceptors (Lipinski definition) is 3. The van der Waals surface area contributed by atoms with Crippen LogP contribution in [0.3, 0.4) is 0 Å². The van der Waals surface area contributed by atoms with Gasteiger partial charge in [-0.05, 0) is 42.5 Å². The number of hydrogen-bond donors (Lipinski definition) is 1. The summed E-state index contributed by atoms with van der Waals surface area (Å²) in [6.45, 7) is -0.0456. The molecule has 0 saturated heterocycles. The molecule has 0 aliphatic rings. The van der Waals surface area contributed by atoms with Gasteiger partial charge in [0.25, 0.3) is 5.91 Å². The van der Waals surface area contributed by atoms with Crippen molar-refractivity contribution in [3.8, 4) is 5.75 Å². The lowest BCUT2D eigenvalue weighted by Gasteiger charge is -2.15. The molecule has 1 N–H and O–H groups in total. The summed E-state index contributed by atoms with van der Waals surface area (Å²) in [6, 6.07) is 16.2. The van der Waals surface area contributed by atoms with Crippen molar-refractivity contribution in [2.75, 3.05) is 0 Å². The molecular formula is C21H13Cl4NO3. The van der Waals surface area contributed by atoms with Crippen molar-refractivity contribution < 1.29 is 14.3 Å². The van der Waals surface area contributed by atoms with Gasteiger partial charge in [0.2, 0.25) is 0 Å². The van der Waals surface area contributed by atoms with Crippen LogP contribution in [0.15, 0.2) is 60.7 Å². The quantitative estimate of drug-likeness (QED) is 0.266. The first-order valence-corrected chi connectivity index (χ1v) is 9.85. The summed E-state index contributed by atoms with van der Waals surface area (Å²) < 4.78 is 5.47. The van der Waals surface area contributed by atoms with Gasteiger partial charge in [-0.1, -0.05) is 64.6 Å². The number of nitrogens with one attached hydrogen (secondary N) is 1. The van der Waals surface area contributed by atoms with E-state index in [0.29, 0.717) is 10.6 Å². The lowest BCUT2D eigenvalue weighted by molar-refractivity contribution is 0.0733. The summed E-state index contributed by atoms with van der Waals surface area (Å²) in [4.78, 5) is 24.8. The largest absolute Gasteiger partial charge is 0.421 e. The molecule has 0 saturated carbocycles. The first kappa shape index (κ1) is 21.5. The molecule has 0 aliphatic heterocycles. The average Bonchev–Trinajstić information content (AvgIpc) is 2.72. The predicted octanol–water partition coefficient (Wildman–Crippen LogP) is 6.45. The standard InChI is InChI=1S/C21H13Cl4NO3/c22-14-8-6-13(7-9-14)21(28)29-19-15(18(25)16(23)10-17(19)24)11-26-20(27)12-4-2-1-3-5-12/h1-10H,11H2,(H,26,27). The summed E-state index contributed by atoms with van der Waals surface area (Å²) in [5.41, 5.74) is 1.03. The first-order chi connectivity index (χ1) is 13.9. The number of ether oxygens (including phenoxy) is 1. The Bertz CT molecular complexity index is 1050. The molecule has 3 rings (SSSR count). The molecule has 0 aliphatic carbocycles. The van der Waals surface area contributed by atoms with Crippen LogP contribution >= 0.6 is 46.4 Å². The van der Waals surface area contributed by atoms with Gasteiger partial charge in [0.1, 0.15) is 0 Å². The average molecular weight is 469 g/mol. The molecule has 0 radical (unpaired) electrons. The van der Waals surface area contributed by atoms with E-state index in [2.05, 4.69) is 5.32 Å². The summed E-state index contributed by atoms with van der Waals surface area (Å²) >= 11 is 24.5. The lowest BCUT2D eigenvalue weighted by atomic mass is 10.1. The van der Waals surface area contributed by atoms with Crippen molar-refractivity contribution in [3.63, 3.8) is 0 Å². The number of amides is 1. The molecule has 0 bridgehead atoms. The topological polar surface area (TPSA) is 55.4 Å². The number of rotatable bonds is 5. The summed E-state index contributed by atoms with van der Waals surface area (Å²) in [5.74, 6) is -0.959. The number of carbonyl (C=O) groups excluding carboxylic acids is 2. The fraction of sp³-hybridized carbons (Fsp3) is 0.0476. The van der Waals surface area contributed by atoms with Crippen molar-refractivity contribution in [1.82, 2.24) is 5.32 Å². The van der Waals surface area contributed by atoms with Gasteiger partial charge in [0.15, 0.2) is 5.75 Å². The minimum absolute atomic E-state index is 0.0226. The third-order valence-corrected chi connectivity index (χ3v) is 5.31. The highest BCUT2D eigenvalue weighted by atomic mass is 35.5. The first-order valence-electron chi connectivity index (χ1n) is 8.34. The number of halogens is 4. The monoisotopic (exact) mass is 467 g/mol. The Morgan fingerprint density at radius 1 is 0.828 bits per heavy atom. The third-order valence-electron chi connectivity index (χ3n) is 3.96. The van der Waals surface area contributed by atoms with Crippen LogP contribution in [0.2, 0.25) is 20.1 Å². The van der Waals surface area contributed by atoms with E-state index < -0.39 is 5.97 Å². The Hall–Kier alpha value is -2.24. The fourth-order valence-corrected chi connectivity index (χ4v) is 3.37. The van der Waals surface area contributed by atoms with Crippen molar-refractivity contribution in [2.45, 2.75) is 6.54 Å². The van der Waals surface area contributed by atoms with E-state index in [9.17, 15) is 9.59 Å². The SMILES string of the molecule is O=C(NCc1c(Cl)c(Cl)cc(Cl)c1OC(=O)c1ccc(Cl)cc1)c1ccccc1. The molecule has 0 heterocycles. The maximum absolute atomic E-state index is 12.5. The van der Waals surface area contributed by atoms with Crippen LogP contribution in [0.25, 0.3) is 0 Å². The van der Waals surface area contributed by atoms with Crippen molar-refractivity contribution >= 4 is 58.3 Å². The molecule has 8 heteroatoms. The maximum Gasteiger partial charge on any atom is 0.343 e. The van der Waals surface area contributed by atoms with Gasteiger partial charge in [0, 0.05) is 22.7 Å². The molecule has 0 fully saturated rings. The van der Waals surface area contributed by atoms with Crippen LogP contribution < -0.4 is 10.1 Å². The predicted molar refractivity (Wildman–Crippen MR) is 115 cm³/mol. The Morgan fingerprint density at radius 2 is 1.48 bits per heavy atom. The minimum Gasteiger partial charge on any atom is -0.421 e. The Labute approximate surface area is 187 Å². The molecule has 3 aromatic carbocycles. The smallest absolute Gasteiger partial charge is 0.343 e. The van der Waals surface area contributed by atoms with Crippen LogP contribution in [0.4, 0.5) is 0 Å². The number of carbonyl (C=O) groups is 2. The normalized spacial score (nSPS) is 10.5. The van der Waals surface area contributed by atoms with E-state index in [1.807, 2.05) is 0 Å². The molecule has 0 atom stereocenters. The van der Waals surface area contributed by atoms with Gasteiger partial charge in [-0.15, -0.1) is 0 Å². The van der Waals surface area contributed by atoms with E-state index in [0.717, 1.165) is 0 Å². The zero-order chi connectivity index (χ0) is 21.0. The zero-order valence-corrected chi connectivity index (χ0v) is 17.7. The van der Waals surface area contributed by atoms with Gasteiger partial charge in [-0.3, -0.25) is 4.79 Å². The third kappa shape index (κ3) is 5.22. The van der Waals surface area contributed by atoms with E-state index in [1.54, 1.807) is 42.5 Å². The minimum atomic E-state index is -0.655. The molecule has 148 valence electrons. The highest BCUT2D eigenvalue weighted by Gasteiger charge is 2.21. The fourth-order valence-electron chi connectivity index (χ4n) is 2.49. The highest BCUT2D eigenvalue weighted by molar-refractivity contribution is 6.44. The van der Waals surface area contributed by atoms with Gasteiger partial charge < -0.3 is 10.1 Å². The molecular weight excluding hydrogens is 456 g/mol. The van der Waals surface area contributed by atoms with Crippen LogP contribution in [0, 0.1) is 0 Å². The zero-order valence-electron chi connectivity index (χ0n) is 14.7. The van der Waals surface area contributed by atoms with Crippen molar-refractivity contribution in [2.24, 2.45) is 0 Å². The van der Waals surface area contributed by atoms with Crippen LogP contribution in [0.5, 0.6) is 5.75 Å². The van der Waals surface area contributed by atoms with Gasteiger partial charge in [-0.2, -0.15) is 0 Å². The van der Waals surface area contributed by atoms with E-state index in [4.69, 9.17) is 51.1 Å². The Balaban J connectivity index is 1.87. The number of benzene rings is 3. The second kappa shape index (κ2) is 9.51. The molecule has 0 unspecified atom stereocenters. The molecule has 0 aromatic heterocycles. The summed E-state index contributed by atoms with van der Waals surface area (Å²) in [7, 11) is 0. The van der Waals surface area contributed by atoms with E-state index in [-0.39, 0.29) is 44.4 Å². The van der Waals surface area contributed by atoms with Crippen LogP contribution in [-0.4, -0.2) is 11.9 Å².